The Labute approximate surface area is 387 Å². The molecule has 0 rings (SSSR count). The summed E-state index contributed by atoms with van der Waals surface area (Å²) in [5.41, 5.74) is 0. The molecule has 1 atom stereocenters. The summed E-state index contributed by atoms with van der Waals surface area (Å²) in [6.07, 6.45) is 50.9. The highest BCUT2D eigenvalue weighted by atomic mass is 16.6. The highest BCUT2D eigenvalue weighted by molar-refractivity contribution is 5.71. The van der Waals surface area contributed by atoms with Gasteiger partial charge >= 0.3 is 17.9 Å². The smallest absolute Gasteiger partial charge is 0.306 e. The first kappa shape index (κ1) is 60.4. The van der Waals surface area contributed by atoms with Gasteiger partial charge in [0, 0.05) is 19.3 Å². The molecule has 0 bridgehead atoms. The Morgan fingerprint density at radius 3 is 0.790 bits per heavy atom. The second-order valence-corrected chi connectivity index (χ2v) is 20.2. The second-order valence-electron chi connectivity index (χ2n) is 20.2. The van der Waals surface area contributed by atoms with Crippen molar-refractivity contribution < 1.29 is 28.6 Å². The number of carbonyl (C=O) groups excluding carboxylic acids is 3. The average molecular weight is 877 g/mol. The monoisotopic (exact) mass is 877 g/mol. The van der Waals surface area contributed by atoms with Crippen LogP contribution in [0.2, 0.25) is 0 Å². The van der Waals surface area contributed by atoms with Crippen LogP contribution in [0.25, 0.3) is 0 Å². The Bertz CT molecular complexity index is 947. The predicted octanol–water partition coefficient (Wildman–Crippen LogP) is 18.1. The van der Waals surface area contributed by atoms with Crippen molar-refractivity contribution in [2.45, 2.75) is 317 Å². The molecule has 0 aliphatic rings. The summed E-state index contributed by atoms with van der Waals surface area (Å²) >= 11 is 0. The van der Waals surface area contributed by atoms with Crippen LogP contribution in [0.1, 0.15) is 311 Å². The maximum atomic E-state index is 12.8. The fraction of sp³-hybridized carbons (Fsp3) is 0.946. The van der Waals surface area contributed by atoms with Gasteiger partial charge in [-0.25, -0.2) is 0 Å². The summed E-state index contributed by atoms with van der Waals surface area (Å²) in [6.45, 7) is 11.4. The van der Waals surface area contributed by atoms with E-state index in [0.717, 1.165) is 69.6 Å². The fourth-order valence-corrected chi connectivity index (χ4v) is 8.52. The summed E-state index contributed by atoms with van der Waals surface area (Å²) in [6, 6.07) is 0. The third kappa shape index (κ3) is 49.4. The number of hydrogen-bond donors (Lipinski definition) is 0. The lowest BCUT2D eigenvalue weighted by atomic mass is 10.0. The number of rotatable bonds is 50. The summed E-state index contributed by atoms with van der Waals surface area (Å²) in [5, 5.41) is 0. The van der Waals surface area contributed by atoms with E-state index >= 15 is 0 Å². The highest BCUT2D eigenvalue weighted by Gasteiger charge is 2.19. The van der Waals surface area contributed by atoms with Crippen molar-refractivity contribution in [2.24, 2.45) is 11.8 Å². The zero-order valence-electron chi connectivity index (χ0n) is 42.5. The molecule has 0 spiro atoms. The van der Waals surface area contributed by atoms with Crippen molar-refractivity contribution in [3.05, 3.63) is 0 Å². The lowest BCUT2D eigenvalue weighted by Crippen LogP contribution is -2.30. The zero-order valence-corrected chi connectivity index (χ0v) is 42.5. The second kappa shape index (κ2) is 48.9. The highest BCUT2D eigenvalue weighted by Crippen LogP contribution is 2.18. The number of carbonyl (C=O) groups is 3. The van der Waals surface area contributed by atoms with Gasteiger partial charge < -0.3 is 14.2 Å². The van der Waals surface area contributed by atoms with Gasteiger partial charge in [-0.05, 0) is 31.1 Å². The van der Waals surface area contributed by atoms with Crippen LogP contribution in [-0.2, 0) is 28.6 Å². The molecule has 0 fully saturated rings. The Morgan fingerprint density at radius 1 is 0.306 bits per heavy atom. The molecule has 0 aromatic rings. The van der Waals surface area contributed by atoms with E-state index < -0.39 is 6.10 Å². The largest absolute Gasteiger partial charge is 0.462 e. The molecule has 0 radical (unpaired) electrons. The minimum absolute atomic E-state index is 0.0634. The molecular formula is C56H108O6. The molecule has 0 aliphatic heterocycles. The first-order valence-corrected chi connectivity index (χ1v) is 27.7. The first-order valence-electron chi connectivity index (χ1n) is 27.7. The van der Waals surface area contributed by atoms with E-state index in [4.69, 9.17) is 14.2 Å². The normalized spacial score (nSPS) is 12.0. The molecule has 62 heavy (non-hydrogen) atoms. The molecule has 0 aromatic heterocycles. The van der Waals surface area contributed by atoms with E-state index in [9.17, 15) is 14.4 Å². The molecular weight excluding hydrogens is 769 g/mol. The van der Waals surface area contributed by atoms with E-state index in [2.05, 4.69) is 34.6 Å². The summed E-state index contributed by atoms with van der Waals surface area (Å²) in [4.78, 5) is 38.0. The van der Waals surface area contributed by atoms with Gasteiger partial charge in [-0.1, -0.05) is 272 Å². The lowest BCUT2D eigenvalue weighted by molar-refractivity contribution is -0.167. The number of unbranched alkanes of at least 4 members (excludes halogenated alkanes) is 35. The Hall–Kier alpha value is -1.59. The summed E-state index contributed by atoms with van der Waals surface area (Å²) < 4.78 is 16.9. The molecule has 0 N–H and O–H groups in total. The van der Waals surface area contributed by atoms with Gasteiger partial charge in [0.2, 0.25) is 0 Å². The van der Waals surface area contributed by atoms with Crippen LogP contribution in [-0.4, -0.2) is 37.2 Å². The van der Waals surface area contributed by atoms with E-state index in [-0.39, 0.29) is 31.1 Å². The molecule has 0 saturated carbocycles. The quantitative estimate of drug-likeness (QED) is 0.0344. The van der Waals surface area contributed by atoms with Crippen LogP contribution < -0.4 is 0 Å². The van der Waals surface area contributed by atoms with E-state index in [1.54, 1.807) is 0 Å². The topological polar surface area (TPSA) is 78.9 Å². The van der Waals surface area contributed by atoms with Gasteiger partial charge in [0.1, 0.15) is 13.2 Å². The number of ether oxygens (including phenoxy) is 3. The van der Waals surface area contributed by atoms with E-state index in [0.29, 0.717) is 19.3 Å². The van der Waals surface area contributed by atoms with Crippen LogP contribution >= 0.6 is 0 Å². The minimum Gasteiger partial charge on any atom is -0.462 e. The van der Waals surface area contributed by atoms with Crippen molar-refractivity contribution in [3.8, 4) is 0 Å². The molecule has 6 nitrogen and oxygen atoms in total. The minimum atomic E-state index is -0.762. The molecule has 0 heterocycles. The van der Waals surface area contributed by atoms with Crippen LogP contribution in [0.4, 0.5) is 0 Å². The van der Waals surface area contributed by atoms with Gasteiger partial charge in [-0.15, -0.1) is 0 Å². The van der Waals surface area contributed by atoms with Gasteiger partial charge in [-0.2, -0.15) is 0 Å². The van der Waals surface area contributed by atoms with Gasteiger partial charge in [0.15, 0.2) is 6.10 Å². The van der Waals surface area contributed by atoms with Crippen LogP contribution in [0.3, 0.4) is 0 Å². The molecule has 6 heteroatoms. The SMILES string of the molecule is CCCCCCCCCCCCCCCCCCCC(=O)OC[C@H](COC(=O)CCCCCCCCCCCCCCC(C)C)OC(=O)CCCCCCCCCCCC(C)C. The third-order valence-corrected chi connectivity index (χ3v) is 12.7. The lowest BCUT2D eigenvalue weighted by Gasteiger charge is -2.18. The Kier molecular flexibility index (Phi) is 47.6. The Morgan fingerprint density at radius 2 is 0.532 bits per heavy atom. The molecule has 0 aromatic carbocycles. The summed E-state index contributed by atoms with van der Waals surface area (Å²) in [5.74, 6) is 0.795. The zero-order chi connectivity index (χ0) is 45.4. The van der Waals surface area contributed by atoms with Crippen molar-refractivity contribution in [1.82, 2.24) is 0 Å². The van der Waals surface area contributed by atoms with Gasteiger partial charge in [0.25, 0.3) is 0 Å². The maximum Gasteiger partial charge on any atom is 0.306 e. The average Bonchev–Trinajstić information content (AvgIpc) is 3.24. The third-order valence-electron chi connectivity index (χ3n) is 12.7. The standard InChI is InChI=1S/C56H108O6/c1-6-7-8-9-10-11-12-13-14-15-16-17-21-26-31-36-41-46-54(57)60-49-53(62-56(59)48-43-38-33-28-23-25-30-35-40-45-52(4)5)50-61-55(58)47-42-37-32-27-22-19-18-20-24-29-34-39-44-51(2)3/h51-53H,6-50H2,1-5H3/t53-/m1/s1. The predicted molar refractivity (Wildman–Crippen MR) is 266 cm³/mol. The van der Waals surface area contributed by atoms with Crippen LogP contribution in [0, 0.1) is 11.8 Å². The number of hydrogen-bond acceptors (Lipinski definition) is 6. The first-order chi connectivity index (χ1) is 30.2. The molecule has 0 saturated heterocycles. The maximum absolute atomic E-state index is 12.8. The fourth-order valence-electron chi connectivity index (χ4n) is 8.52. The van der Waals surface area contributed by atoms with E-state index in [1.165, 1.54) is 199 Å². The molecule has 368 valence electrons. The molecule has 0 amide bonds. The number of esters is 3. The molecule has 0 unspecified atom stereocenters. The molecule has 0 aliphatic carbocycles. The Balaban J connectivity index is 4.28. The van der Waals surface area contributed by atoms with Crippen LogP contribution in [0.5, 0.6) is 0 Å². The van der Waals surface area contributed by atoms with E-state index in [1.807, 2.05) is 0 Å². The van der Waals surface area contributed by atoms with Crippen molar-refractivity contribution in [2.75, 3.05) is 13.2 Å². The summed E-state index contributed by atoms with van der Waals surface area (Å²) in [7, 11) is 0. The van der Waals surface area contributed by atoms with Crippen molar-refractivity contribution in [3.63, 3.8) is 0 Å². The van der Waals surface area contributed by atoms with Gasteiger partial charge in [-0.3, -0.25) is 14.4 Å². The van der Waals surface area contributed by atoms with Crippen LogP contribution in [0.15, 0.2) is 0 Å². The van der Waals surface area contributed by atoms with Crippen molar-refractivity contribution >= 4 is 17.9 Å². The van der Waals surface area contributed by atoms with Gasteiger partial charge in [0.05, 0.1) is 0 Å². The van der Waals surface area contributed by atoms with Crippen molar-refractivity contribution in [1.29, 1.82) is 0 Å².